The van der Waals surface area contributed by atoms with E-state index in [9.17, 15) is 0 Å². The van der Waals surface area contributed by atoms with Crippen LogP contribution >= 0.6 is 31.9 Å². The largest absolute Gasteiger partial charge is 0.356 e. The van der Waals surface area contributed by atoms with E-state index in [1.54, 1.807) is 14.2 Å². The molecule has 12 atom stereocenters. The third-order valence-corrected chi connectivity index (χ3v) is 10.1. The number of hydrogen-bond acceptors (Lipinski definition) is 3. The SMILES string of the molecule is COC(CCCC(C)CC(C)CC(C)CC(C)CC(C)Br)OC(CCCC(C)CC(C)CC(C)CC(C)CC(C)Br)OC. The van der Waals surface area contributed by atoms with Crippen LogP contribution in [-0.4, -0.2) is 36.5 Å². The standard InChI is InChI=1S/C38H76Br2O3/c1-27(19-29(3)21-31(5)23-33(7)25-35(9)39)15-13-17-37(41-11)43-38(42-12)18-14-16-28(2)20-30(4)22-32(6)24-34(8)26-36(10)40/h27-38H,13-26H2,1-12H3. The summed E-state index contributed by atoms with van der Waals surface area (Å²) in [5, 5.41) is 0. The van der Waals surface area contributed by atoms with E-state index in [4.69, 9.17) is 14.2 Å². The van der Waals surface area contributed by atoms with Crippen molar-refractivity contribution >= 4 is 31.9 Å². The number of hydrogen-bond donors (Lipinski definition) is 0. The Morgan fingerprint density at radius 3 is 0.884 bits per heavy atom. The van der Waals surface area contributed by atoms with E-state index in [0.717, 1.165) is 73.0 Å². The molecule has 43 heavy (non-hydrogen) atoms. The molecule has 0 aromatic heterocycles. The van der Waals surface area contributed by atoms with Gasteiger partial charge in [-0.05, 0) is 124 Å². The molecule has 12 unspecified atom stereocenters. The predicted octanol–water partition coefficient (Wildman–Crippen LogP) is 13.1. The molecule has 0 aliphatic rings. The van der Waals surface area contributed by atoms with Crippen molar-refractivity contribution in [3.8, 4) is 0 Å². The zero-order chi connectivity index (χ0) is 32.9. The van der Waals surface area contributed by atoms with Crippen LogP contribution in [-0.2, 0) is 14.2 Å². The number of methoxy groups -OCH3 is 2. The van der Waals surface area contributed by atoms with Gasteiger partial charge in [0.25, 0.3) is 0 Å². The highest BCUT2D eigenvalue weighted by Gasteiger charge is 2.20. The summed E-state index contributed by atoms with van der Waals surface area (Å²) in [5.74, 6) is 6.28. The summed E-state index contributed by atoms with van der Waals surface area (Å²) >= 11 is 7.43. The molecule has 0 aliphatic heterocycles. The second-order valence-corrected chi connectivity index (χ2v) is 18.7. The van der Waals surface area contributed by atoms with Crippen LogP contribution in [0.3, 0.4) is 0 Å². The first-order chi connectivity index (χ1) is 20.1. The third-order valence-electron chi connectivity index (χ3n) is 9.39. The molecule has 3 nitrogen and oxygen atoms in total. The van der Waals surface area contributed by atoms with Crippen molar-refractivity contribution in [3.05, 3.63) is 0 Å². The van der Waals surface area contributed by atoms with Gasteiger partial charge in [-0.1, -0.05) is 114 Å². The van der Waals surface area contributed by atoms with Crippen LogP contribution in [0.4, 0.5) is 0 Å². The van der Waals surface area contributed by atoms with Gasteiger partial charge in [0.2, 0.25) is 0 Å². The normalized spacial score (nSPS) is 20.8. The van der Waals surface area contributed by atoms with Crippen molar-refractivity contribution in [3.63, 3.8) is 0 Å². The number of alkyl halides is 2. The maximum Gasteiger partial charge on any atom is 0.160 e. The lowest BCUT2D eigenvalue weighted by molar-refractivity contribution is -0.233. The van der Waals surface area contributed by atoms with Crippen LogP contribution in [0.1, 0.15) is 159 Å². The molecular weight excluding hydrogens is 664 g/mol. The summed E-state index contributed by atoms with van der Waals surface area (Å²) in [4.78, 5) is 1.25. The quantitative estimate of drug-likeness (QED) is 0.0591. The molecule has 0 rings (SSSR count). The van der Waals surface area contributed by atoms with E-state index in [0.29, 0.717) is 9.65 Å². The second-order valence-electron chi connectivity index (χ2n) is 15.6. The summed E-state index contributed by atoms with van der Waals surface area (Å²) in [7, 11) is 3.54. The summed E-state index contributed by atoms with van der Waals surface area (Å²) < 4.78 is 17.7. The Labute approximate surface area is 287 Å². The Morgan fingerprint density at radius 1 is 0.372 bits per heavy atom. The van der Waals surface area contributed by atoms with Gasteiger partial charge in [0.1, 0.15) is 0 Å². The minimum Gasteiger partial charge on any atom is -0.356 e. The maximum atomic E-state index is 6.26. The van der Waals surface area contributed by atoms with Crippen molar-refractivity contribution < 1.29 is 14.2 Å². The molecule has 0 aromatic carbocycles. The lowest BCUT2D eigenvalue weighted by Crippen LogP contribution is -2.25. The van der Waals surface area contributed by atoms with Gasteiger partial charge in [-0.15, -0.1) is 0 Å². The molecule has 260 valence electrons. The average Bonchev–Trinajstić information content (AvgIpc) is 2.85. The van der Waals surface area contributed by atoms with E-state index in [1.807, 2.05) is 0 Å². The van der Waals surface area contributed by atoms with Crippen LogP contribution in [0.25, 0.3) is 0 Å². The van der Waals surface area contributed by atoms with Gasteiger partial charge in [0.05, 0.1) is 0 Å². The van der Waals surface area contributed by atoms with Crippen LogP contribution in [0.5, 0.6) is 0 Å². The average molecular weight is 741 g/mol. The third kappa shape index (κ3) is 25.6. The molecule has 0 aromatic rings. The molecule has 0 heterocycles. The first-order valence-electron chi connectivity index (χ1n) is 18.1. The van der Waals surface area contributed by atoms with Gasteiger partial charge >= 0.3 is 0 Å². The second kappa shape index (κ2) is 25.9. The molecule has 0 bridgehead atoms. The lowest BCUT2D eigenvalue weighted by Gasteiger charge is -2.25. The van der Waals surface area contributed by atoms with Gasteiger partial charge in [-0.2, -0.15) is 0 Å². The van der Waals surface area contributed by atoms with Crippen molar-refractivity contribution in [2.45, 2.75) is 181 Å². The number of halogens is 2. The van der Waals surface area contributed by atoms with Gasteiger partial charge in [-0.25, -0.2) is 0 Å². The molecule has 0 saturated heterocycles. The Morgan fingerprint density at radius 2 is 0.628 bits per heavy atom. The predicted molar refractivity (Wildman–Crippen MR) is 197 cm³/mol. The van der Waals surface area contributed by atoms with Crippen LogP contribution in [0.2, 0.25) is 0 Å². The van der Waals surface area contributed by atoms with Crippen molar-refractivity contribution in [2.24, 2.45) is 47.3 Å². The van der Waals surface area contributed by atoms with Gasteiger partial charge in [-0.3, -0.25) is 0 Å². The van der Waals surface area contributed by atoms with Crippen LogP contribution in [0.15, 0.2) is 0 Å². The smallest absolute Gasteiger partial charge is 0.160 e. The Bertz CT molecular complexity index is 578. The van der Waals surface area contributed by atoms with Gasteiger partial charge in [0.15, 0.2) is 12.6 Å². The highest BCUT2D eigenvalue weighted by Crippen LogP contribution is 2.30. The Kier molecular flexibility index (Phi) is 26.4. The molecule has 0 amide bonds. The fourth-order valence-corrected chi connectivity index (χ4v) is 9.24. The topological polar surface area (TPSA) is 27.7 Å². The highest BCUT2D eigenvalue weighted by molar-refractivity contribution is 9.09. The monoisotopic (exact) mass is 738 g/mol. The molecular formula is C38H76Br2O3. The van der Waals surface area contributed by atoms with Crippen molar-refractivity contribution in [1.29, 1.82) is 0 Å². The van der Waals surface area contributed by atoms with Crippen LogP contribution in [0, 0.1) is 47.3 Å². The molecule has 0 saturated carbocycles. The minimum absolute atomic E-state index is 0.179. The molecule has 0 fully saturated rings. The number of rotatable bonds is 28. The first kappa shape index (κ1) is 43.8. The first-order valence-corrected chi connectivity index (χ1v) is 20.0. The van der Waals surface area contributed by atoms with Crippen molar-refractivity contribution in [1.82, 2.24) is 0 Å². The van der Waals surface area contributed by atoms with Crippen LogP contribution < -0.4 is 0 Å². The highest BCUT2D eigenvalue weighted by atomic mass is 79.9. The lowest BCUT2D eigenvalue weighted by atomic mass is 9.83. The van der Waals surface area contributed by atoms with Crippen molar-refractivity contribution in [2.75, 3.05) is 14.2 Å². The molecule has 5 heteroatoms. The molecule has 0 spiro atoms. The Hall–Kier alpha value is 0.840. The fourth-order valence-electron chi connectivity index (χ4n) is 7.96. The summed E-state index contributed by atoms with van der Waals surface area (Å²) in [5.41, 5.74) is 0. The van der Waals surface area contributed by atoms with E-state index in [2.05, 4.69) is 101 Å². The van der Waals surface area contributed by atoms with E-state index in [-0.39, 0.29) is 12.6 Å². The van der Waals surface area contributed by atoms with E-state index < -0.39 is 0 Å². The zero-order valence-electron chi connectivity index (χ0n) is 30.8. The Balaban J connectivity index is 4.28. The minimum atomic E-state index is -0.179. The molecule has 0 aliphatic carbocycles. The summed E-state index contributed by atoms with van der Waals surface area (Å²) in [6.07, 6.45) is 16.8. The van der Waals surface area contributed by atoms with Gasteiger partial charge in [0, 0.05) is 23.9 Å². The maximum absolute atomic E-state index is 6.26. The number of ether oxygens (including phenoxy) is 3. The summed E-state index contributed by atoms with van der Waals surface area (Å²) in [6, 6.07) is 0. The van der Waals surface area contributed by atoms with Gasteiger partial charge < -0.3 is 14.2 Å². The zero-order valence-corrected chi connectivity index (χ0v) is 34.0. The fraction of sp³-hybridized carbons (Fsp3) is 1.00. The molecule has 0 N–H and O–H groups in total. The van der Waals surface area contributed by atoms with E-state index >= 15 is 0 Å². The van der Waals surface area contributed by atoms with E-state index in [1.165, 1.54) is 64.2 Å². The summed E-state index contributed by atoms with van der Waals surface area (Å²) in [6.45, 7) is 24.0. The molecule has 0 radical (unpaired) electrons.